The van der Waals surface area contributed by atoms with Crippen LogP contribution < -0.4 is 0 Å². The first-order valence-corrected chi connectivity index (χ1v) is 19.0. The summed E-state index contributed by atoms with van der Waals surface area (Å²) in [6, 6.07) is 26.3. The Labute approximate surface area is 306 Å². The Bertz CT molecular complexity index is 1350. The van der Waals surface area contributed by atoms with Crippen molar-refractivity contribution in [2.45, 2.75) is 154 Å². The van der Waals surface area contributed by atoms with E-state index in [4.69, 9.17) is 0 Å². The smallest absolute Gasteiger partial charge is 0.0132 e. The Morgan fingerprint density at radius 3 is 1.67 bits per heavy atom. The molecule has 0 heteroatoms. The van der Waals surface area contributed by atoms with E-state index in [1.807, 2.05) is 27.7 Å². The van der Waals surface area contributed by atoms with Crippen molar-refractivity contribution in [1.82, 2.24) is 0 Å². The van der Waals surface area contributed by atoms with Crippen molar-refractivity contribution in [3.8, 4) is 0 Å². The highest BCUT2D eigenvalue weighted by Gasteiger charge is 2.13. The maximum Gasteiger partial charge on any atom is -0.0132 e. The first-order chi connectivity index (χ1) is 23.2. The van der Waals surface area contributed by atoms with Crippen molar-refractivity contribution in [2.75, 3.05) is 0 Å². The number of unbranched alkanes of at least 4 members (excludes halogenated alkanes) is 2. The molecule has 0 aliphatic rings. The zero-order valence-electron chi connectivity index (χ0n) is 34.7. The highest BCUT2D eigenvalue weighted by molar-refractivity contribution is 5.61. The van der Waals surface area contributed by atoms with Gasteiger partial charge in [0.15, 0.2) is 0 Å². The summed E-state index contributed by atoms with van der Waals surface area (Å²) in [7, 11) is 0. The van der Waals surface area contributed by atoms with Gasteiger partial charge in [-0.05, 0) is 118 Å². The Morgan fingerprint density at radius 1 is 0.633 bits per heavy atom. The van der Waals surface area contributed by atoms with Crippen LogP contribution in [0.5, 0.6) is 0 Å². The van der Waals surface area contributed by atoms with Crippen LogP contribution in [-0.2, 0) is 24.7 Å². The molecular weight excluding hydrogens is 589 g/mol. The summed E-state index contributed by atoms with van der Waals surface area (Å²) in [5.74, 6) is 0. The predicted octanol–water partition coefficient (Wildman–Crippen LogP) is 15.8. The maximum absolute atomic E-state index is 3.92. The van der Waals surface area contributed by atoms with Gasteiger partial charge in [0, 0.05) is 0 Å². The standard InChI is InChI=1S/C13H20.C13H18.C11H16.C10H16.C2H6/c1-5-7-11-8-6-9-12(10-11)13(2,3)4;1-4-5-6-12-7-9-13(10-8-12)11(2)3;1-3-4-8-11-9-6-5-7-10(11)2;1-8(2)6-7-10(5)9(3)4;1-2/h6,8-10H,5,7H2,1-4H3;7-10H,2,4-6H2,1,3H3;5-7,9H,3-4,8H2,1-2H3;6-7H,3H2,1-2,4-5H3;1-2H3/b;;;10-7+;. The summed E-state index contributed by atoms with van der Waals surface area (Å²) in [6.07, 6.45) is 14.2. The normalized spacial score (nSPS) is 10.4. The molecule has 0 amide bonds. The van der Waals surface area contributed by atoms with E-state index in [2.05, 4.69) is 167 Å². The number of allylic oxidation sites excluding steroid dienone is 6. The largest absolute Gasteiger partial charge is 0.0958 e. The Hall–Kier alpha value is -3.38. The van der Waals surface area contributed by atoms with E-state index in [-0.39, 0.29) is 5.41 Å². The molecule has 0 aliphatic carbocycles. The summed E-state index contributed by atoms with van der Waals surface area (Å²) < 4.78 is 0. The zero-order valence-corrected chi connectivity index (χ0v) is 34.7. The van der Waals surface area contributed by atoms with Crippen molar-refractivity contribution in [2.24, 2.45) is 0 Å². The summed E-state index contributed by atoms with van der Waals surface area (Å²) in [4.78, 5) is 0. The van der Waals surface area contributed by atoms with E-state index >= 15 is 0 Å². The number of aryl methyl sites for hydroxylation is 4. The molecule has 0 nitrogen and oxygen atoms in total. The van der Waals surface area contributed by atoms with Gasteiger partial charge >= 0.3 is 0 Å². The molecule has 0 spiro atoms. The second-order valence-corrected chi connectivity index (χ2v) is 14.2. The Kier molecular flexibility index (Phi) is 27.7. The van der Waals surface area contributed by atoms with Gasteiger partial charge in [-0.25, -0.2) is 0 Å². The predicted molar refractivity (Wildman–Crippen MR) is 228 cm³/mol. The highest BCUT2D eigenvalue weighted by atomic mass is 14.2. The van der Waals surface area contributed by atoms with Gasteiger partial charge in [0.25, 0.3) is 0 Å². The van der Waals surface area contributed by atoms with Crippen LogP contribution in [0.2, 0.25) is 0 Å². The molecule has 49 heavy (non-hydrogen) atoms. The first kappa shape index (κ1) is 47.7. The fraction of sp³-hybridized carbons (Fsp3) is 0.469. The topological polar surface area (TPSA) is 0 Å². The minimum Gasteiger partial charge on any atom is -0.0958 e. The molecule has 272 valence electrons. The van der Waals surface area contributed by atoms with Gasteiger partial charge in [-0.1, -0.05) is 189 Å². The molecule has 3 aromatic carbocycles. The van der Waals surface area contributed by atoms with Gasteiger partial charge in [0.05, 0.1) is 0 Å². The van der Waals surface area contributed by atoms with Gasteiger partial charge in [0.2, 0.25) is 0 Å². The number of hydrogen-bond acceptors (Lipinski definition) is 0. The Balaban J connectivity index is 0. The second-order valence-electron chi connectivity index (χ2n) is 14.2. The average molecular weight is 665 g/mol. The van der Waals surface area contributed by atoms with Crippen molar-refractivity contribution in [3.63, 3.8) is 0 Å². The number of benzene rings is 3. The lowest BCUT2D eigenvalue weighted by Gasteiger charge is -2.19. The summed E-state index contributed by atoms with van der Waals surface area (Å²) in [5, 5.41) is 0. The van der Waals surface area contributed by atoms with Crippen LogP contribution in [0.4, 0.5) is 0 Å². The van der Waals surface area contributed by atoms with Crippen molar-refractivity contribution < 1.29 is 0 Å². The van der Waals surface area contributed by atoms with Gasteiger partial charge in [-0.15, -0.1) is 0 Å². The molecule has 3 aromatic rings. The molecule has 0 atom stereocenters. The van der Waals surface area contributed by atoms with Crippen LogP contribution in [0, 0.1) is 6.92 Å². The van der Waals surface area contributed by atoms with Crippen molar-refractivity contribution >= 4 is 5.57 Å². The SMILES string of the molecule is C=C(C)/C(C)=C/C=C(C)C.C=C(C)c1ccc(CCCC)cc1.CC.CCCCc1ccccc1C.CCCc1cccc(C(C)(C)C)c1. The third-order valence-corrected chi connectivity index (χ3v) is 8.00. The average Bonchev–Trinajstić information content (AvgIpc) is 3.07. The zero-order chi connectivity index (χ0) is 37.8. The van der Waals surface area contributed by atoms with Gasteiger partial charge in [-0.2, -0.15) is 0 Å². The fourth-order valence-electron chi connectivity index (χ4n) is 4.51. The van der Waals surface area contributed by atoms with Crippen LogP contribution in [0.15, 0.2) is 115 Å². The third kappa shape index (κ3) is 24.4. The lowest BCUT2D eigenvalue weighted by Crippen LogP contribution is -2.11. The van der Waals surface area contributed by atoms with E-state index in [0.29, 0.717) is 0 Å². The van der Waals surface area contributed by atoms with E-state index in [0.717, 1.165) is 11.1 Å². The van der Waals surface area contributed by atoms with Gasteiger partial charge in [-0.3, -0.25) is 0 Å². The van der Waals surface area contributed by atoms with Crippen LogP contribution >= 0.6 is 0 Å². The molecule has 0 aliphatic heterocycles. The number of rotatable bonds is 11. The van der Waals surface area contributed by atoms with Crippen LogP contribution in [0.25, 0.3) is 5.57 Å². The minimum absolute atomic E-state index is 0.281. The van der Waals surface area contributed by atoms with Crippen molar-refractivity contribution in [3.05, 3.63) is 148 Å². The summed E-state index contributed by atoms with van der Waals surface area (Å²) in [5.41, 5.74) is 13.7. The Morgan fingerprint density at radius 2 is 1.20 bits per heavy atom. The van der Waals surface area contributed by atoms with Crippen LogP contribution in [0.1, 0.15) is 155 Å². The monoisotopic (exact) mass is 665 g/mol. The molecule has 0 radical (unpaired) electrons. The lowest BCUT2D eigenvalue weighted by molar-refractivity contribution is 0.589. The molecule has 3 rings (SSSR count). The molecule has 0 fully saturated rings. The molecule has 0 unspecified atom stereocenters. The number of hydrogen-bond donors (Lipinski definition) is 0. The van der Waals surface area contributed by atoms with E-state index in [1.54, 1.807) is 0 Å². The second kappa shape index (κ2) is 28.5. The van der Waals surface area contributed by atoms with Gasteiger partial charge in [0.1, 0.15) is 0 Å². The van der Waals surface area contributed by atoms with E-state index in [9.17, 15) is 0 Å². The molecule has 0 N–H and O–H groups in total. The quantitative estimate of drug-likeness (QED) is 0.179. The van der Waals surface area contributed by atoms with E-state index in [1.165, 1.54) is 95.9 Å². The van der Waals surface area contributed by atoms with Crippen LogP contribution in [-0.4, -0.2) is 0 Å². The molecule has 0 bridgehead atoms. The lowest BCUT2D eigenvalue weighted by atomic mass is 9.86. The molecule has 0 heterocycles. The van der Waals surface area contributed by atoms with Gasteiger partial charge < -0.3 is 0 Å². The molecule has 0 saturated carbocycles. The molecule has 0 aromatic heterocycles. The summed E-state index contributed by atoms with van der Waals surface area (Å²) >= 11 is 0. The summed E-state index contributed by atoms with van der Waals surface area (Å²) in [6.45, 7) is 37.7. The first-order valence-electron chi connectivity index (χ1n) is 19.0. The molecule has 0 saturated heterocycles. The van der Waals surface area contributed by atoms with Crippen LogP contribution in [0.3, 0.4) is 0 Å². The maximum atomic E-state index is 3.92. The third-order valence-electron chi connectivity index (χ3n) is 8.00. The highest BCUT2D eigenvalue weighted by Crippen LogP contribution is 2.23. The van der Waals surface area contributed by atoms with E-state index < -0.39 is 0 Å². The minimum atomic E-state index is 0.281. The van der Waals surface area contributed by atoms with Crippen molar-refractivity contribution in [1.29, 1.82) is 0 Å². The molecular formula is C49H76. The fourth-order valence-corrected chi connectivity index (χ4v) is 4.51.